The molecular weight excluding hydrogens is 484 g/mol. The lowest BCUT2D eigenvalue weighted by atomic mass is 10.2. The van der Waals surface area contributed by atoms with E-state index in [9.17, 15) is 9.59 Å². The van der Waals surface area contributed by atoms with E-state index in [0.29, 0.717) is 57.7 Å². The summed E-state index contributed by atoms with van der Waals surface area (Å²) in [5.41, 5.74) is 1.41. The van der Waals surface area contributed by atoms with E-state index >= 15 is 0 Å². The summed E-state index contributed by atoms with van der Waals surface area (Å²) in [4.78, 5) is 29.0. The van der Waals surface area contributed by atoms with Crippen molar-refractivity contribution in [2.75, 3.05) is 44.9 Å². The SMILES string of the molecule is COc1cc(/C=C2/SC(=S)N(c3ccc(Cl)cc3)C2=O)ccc1OCC(=O)N1CCOCC1. The molecule has 0 N–H and O–H groups in total. The van der Waals surface area contributed by atoms with Crippen LogP contribution in [-0.2, 0) is 14.3 Å². The molecule has 0 aliphatic carbocycles. The smallest absolute Gasteiger partial charge is 0.270 e. The minimum Gasteiger partial charge on any atom is -0.493 e. The van der Waals surface area contributed by atoms with Crippen molar-refractivity contribution in [1.29, 1.82) is 0 Å². The zero-order valence-corrected chi connectivity index (χ0v) is 20.2. The number of carbonyl (C=O) groups is 2. The molecule has 7 nitrogen and oxygen atoms in total. The number of anilines is 1. The van der Waals surface area contributed by atoms with Crippen LogP contribution in [-0.4, -0.2) is 61.1 Å². The summed E-state index contributed by atoms with van der Waals surface area (Å²) in [5.74, 6) is 0.606. The molecule has 2 aliphatic rings. The first-order valence-electron chi connectivity index (χ1n) is 10.2. The Morgan fingerprint density at radius 2 is 1.91 bits per heavy atom. The zero-order valence-electron chi connectivity index (χ0n) is 17.8. The van der Waals surface area contributed by atoms with Crippen LogP contribution in [0.1, 0.15) is 5.56 Å². The van der Waals surface area contributed by atoms with Gasteiger partial charge in [-0.15, -0.1) is 0 Å². The van der Waals surface area contributed by atoms with Gasteiger partial charge in [-0.05, 0) is 48.0 Å². The Balaban J connectivity index is 1.47. The maximum Gasteiger partial charge on any atom is 0.270 e. The summed E-state index contributed by atoms with van der Waals surface area (Å²) < 4.78 is 16.9. The van der Waals surface area contributed by atoms with Crippen LogP contribution >= 0.6 is 35.6 Å². The molecule has 0 spiro atoms. The summed E-state index contributed by atoms with van der Waals surface area (Å²) >= 11 is 12.6. The van der Waals surface area contributed by atoms with Crippen LogP contribution in [0.4, 0.5) is 5.69 Å². The molecule has 0 aromatic heterocycles. The van der Waals surface area contributed by atoms with Gasteiger partial charge in [0.15, 0.2) is 22.4 Å². The molecule has 2 fully saturated rings. The number of methoxy groups -OCH3 is 1. The van der Waals surface area contributed by atoms with E-state index in [1.54, 1.807) is 53.4 Å². The molecule has 4 rings (SSSR count). The predicted octanol–water partition coefficient (Wildman–Crippen LogP) is 3.99. The minimum absolute atomic E-state index is 0.0878. The standard InChI is InChI=1S/C23H21ClN2O5S2/c1-29-19-12-15(2-7-18(19)31-14-21(27)25-8-10-30-11-9-25)13-20-22(28)26(23(32)33-20)17-5-3-16(24)4-6-17/h2-7,12-13H,8-11,14H2,1H3/b20-13+. The van der Waals surface area contributed by atoms with Crippen molar-refractivity contribution in [2.45, 2.75) is 0 Å². The summed E-state index contributed by atoms with van der Waals surface area (Å²) in [6.45, 7) is 2.11. The topological polar surface area (TPSA) is 68.3 Å². The van der Waals surface area contributed by atoms with Gasteiger partial charge in [0.2, 0.25) is 0 Å². The fourth-order valence-corrected chi connectivity index (χ4v) is 4.79. The highest BCUT2D eigenvalue weighted by molar-refractivity contribution is 8.27. The van der Waals surface area contributed by atoms with Crippen molar-refractivity contribution in [1.82, 2.24) is 4.90 Å². The third-order valence-corrected chi connectivity index (χ3v) is 6.63. The van der Waals surface area contributed by atoms with Crippen LogP contribution < -0.4 is 14.4 Å². The van der Waals surface area contributed by atoms with E-state index in [-0.39, 0.29) is 18.4 Å². The van der Waals surface area contributed by atoms with Crippen molar-refractivity contribution in [2.24, 2.45) is 0 Å². The molecule has 2 amide bonds. The number of rotatable bonds is 6. The molecule has 2 aromatic rings. The number of morpholine rings is 1. The van der Waals surface area contributed by atoms with E-state index in [1.165, 1.54) is 23.8 Å². The molecule has 2 saturated heterocycles. The van der Waals surface area contributed by atoms with Crippen molar-refractivity contribution in [3.05, 3.63) is 58.0 Å². The van der Waals surface area contributed by atoms with Gasteiger partial charge < -0.3 is 19.1 Å². The van der Waals surface area contributed by atoms with Gasteiger partial charge >= 0.3 is 0 Å². The van der Waals surface area contributed by atoms with Gasteiger partial charge in [0.1, 0.15) is 0 Å². The number of hydrogen-bond acceptors (Lipinski definition) is 7. The molecule has 0 saturated carbocycles. The summed E-state index contributed by atoms with van der Waals surface area (Å²) in [6, 6.07) is 12.2. The summed E-state index contributed by atoms with van der Waals surface area (Å²) in [5, 5.41) is 0.584. The van der Waals surface area contributed by atoms with Crippen LogP contribution in [0.25, 0.3) is 6.08 Å². The van der Waals surface area contributed by atoms with Gasteiger partial charge in [0, 0.05) is 18.1 Å². The minimum atomic E-state index is -0.206. The third-order valence-electron chi connectivity index (χ3n) is 5.08. The van der Waals surface area contributed by atoms with E-state index in [1.807, 2.05) is 0 Å². The molecule has 0 bridgehead atoms. The Labute approximate surface area is 206 Å². The number of benzene rings is 2. The fraction of sp³-hybridized carbons (Fsp3) is 0.261. The molecule has 0 atom stereocenters. The molecule has 10 heteroatoms. The first-order chi connectivity index (χ1) is 16.0. The molecule has 2 aromatic carbocycles. The van der Waals surface area contributed by atoms with Crippen LogP contribution in [0, 0.1) is 0 Å². The number of thiocarbonyl (C=S) groups is 1. The molecule has 33 heavy (non-hydrogen) atoms. The highest BCUT2D eigenvalue weighted by Crippen LogP contribution is 2.37. The van der Waals surface area contributed by atoms with Gasteiger partial charge in [0.25, 0.3) is 11.8 Å². The number of nitrogens with zero attached hydrogens (tertiary/aromatic N) is 2. The predicted molar refractivity (Wildman–Crippen MR) is 133 cm³/mol. The van der Waals surface area contributed by atoms with E-state index in [2.05, 4.69) is 0 Å². The van der Waals surface area contributed by atoms with Gasteiger partial charge in [-0.25, -0.2) is 0 Å². The Bertz CT molecular complexity index is 1100. The lowest BCUT2D eigenvalue weighted by Crippen LogP contribution is -2.43. The van der Waals surface area contributed by atoms with E-state index in [4.69, 9.17) is 38.0 Å². The Morgan fingerprint density at radius 1 is 1.18 bits per heavy atom. The van der Waals surface area contributed by atoms with Crippen molar-refractivity contribution in [3.8, 4) is 11.5 Å². The lowest BCUT2D eigenvalue weighted by Gasteiger charge is -2.26. The van der Waals surface area contributed by atoms with Crippen molar-refractivity contribution >= 4 is 63.5 Å². The normalized spacial score (nSPS) is 17.6. The van der Waals surface area contributed by atoms with Gasteiger partial charge in [-0.3, -0.25) is 14.5 Å². The Hall–Kier alpha value is -2.59. The first-order valence-corrected chi connectivity index (χ1v) is 11.8. The second-order valence-electron chi connectivity index (χ2n) is 7.19. The Morgan fingerprint density at radius 3 is 2.61 bits per heavy atom. The highest BCUT2D eigenvalue weighted by atomic mass is 35.5. The number of halogens is 1. The number of hydrogen-bond donors (Lipinski definition) is 0. The van der Waals surface area contributed by atoms with Gasteiger partial charge in [-0.2, -0.15) is 0 Å². The van der Waals surface area contributed by atoms with Crippen LogP contribution in [0.5, 0.6) is 11.5 Å². The summed E-state index contributed by atoms with van der Waals surface area (Å²) in [7, 11) is 1.52. The van der Waals surface area contributed by atoms with Crippen molar-refractivity contribution < 1.29 is 23.8 Å². The van der Waals surface area contributed by atoms with Gasteiger partial charge in [0.05, 0.1) is 30.9 Å². The maximum atomic E-state index is 13.0. The number of ether oxygens (including phenoxy) is 3. The largest absolute Gasteiger partial charge is 0.493 e. The lowest BCUT2D eigenvalue weighted by molar-refractivity contribution is -0.137. The second-order valence-corrected chi connectivity index (χ2v) is 9.30. The van der Waals surface area contributed by atoms with Crippen LogP contribution in [0.15, 0.2) is 47.4 Å². The average Bonchev–Trinajstić information content (AvgIpc) is 3.11. The molecule has 0 unspecified atom stereocenters. The molecule has 0 radical (unpaired) electrons. The number of carbonyl (C=O) groups excluding carboxylic acids is 2. The Kier molecular flexibility index (Phi) is 7.54. The maximum absolute atomic E-state index is 13.0. The van der Waals surface area contributed by atoms with Gasteiger partial charge in [-0.1, -0.05) is 41.6 Å². The third kappa shape index (κ3) is 5.50. The number of amides is 2. The fourth-order valence-electron chi connectivity index (χ4n) is 3.37. The quantitative estimate of drug-likeness (QED) is 0.435. The number of thioether (sulfide) groups is 1. The molecule has 2 heterocycles. The first kappa shape index (κ1) is 23.6. The van der Waals surface area contributed by atoms with E-state index < -0.39 is 0 Å². The van der Waals surface area contributed by atoms with E-state index in [0.717, 1.165) is 5.56 Å². The zero-order chi connectivity index (χ0) is 23.4. The second kappa shape index (κ2) is 10.6. The highest BCUT2D eigenvalue weighted by Gasteiger charge is 2.33. The van der Waals surface area contributed by atoms with Crippen molar-refractivity contribution in [3.63, 3.8) is 0 Å². The average molecular weight is 505 g/mol. The molecular formula is C23H21ClN2O5S2. The van der Waals surface area contributed by atoms with Crippen LogP contribution in [0.3, 0.4) is 0 Å². The molecule has 172 valence electrons. The monoisotopic (exact) mass is 504 g/mol. The van der Waals surface area contributed by atoms with Crippen LogP contribution in [0.2, 0.25) is 5.02 Å². The molecule has 2 aliphatic heterocycles. The summed E-state index contributed by atoms with van der Waals surface area (Å²) in [6.07, 6.45) is 1.75.